The van der Waals surface area contributed by atoms with Crippen molar-refractivity contribution in [3.8, 4) is 11.3 Å². The minimum Gasteiger partial charge on any atom is -0.272 e. The maximum absolute atomic E-state index is 12.5. The third-order valence-corrected chi connectivity index (χ3v) is 5.20. The van der Waals surface area contributed by atoms with Crippen LogP contribution in [0.15, 0.2) is 47.6 Å². The van der Waals surface area contributed by atoms with Crippen LogP contribution in [0.5, 0.6) is 0 Å². The molecule has 0 aliphatic heterocycles. The van der Waals surface area contributed by atoms with Gasteiger partial charge in [0, 0.05) is 16.7 Å². The molecule has 1 aliphatic rings. The number of nitrogens with zero attached hydrogens (tertiary/aromatic N) is 2. The third-order valence-electron chi connectivity index (χ3n) is 4.36. The van der Waals surface area contributed by atoms with E-state index in [9.17, 15) is 4.79 Å². The number of benzene rings is 2. The molecule has 26 heavy (non-hydrogen) atoms. The number of aromatic nitrogens is 2. The van der Waals surface area contributed by atoms with Crippen molar-refractivity contribution in [2.24, 2.45) is 5.10 Å². The number of carbonyl (C=O) groups is 1. The predicted octanol–water partition coefficient (Wildman–Crippen LogP) is 4.25. The Balaban J connectivity index is 1.55. The van der Waals surface area contributed by atoms with Gasteiger partial charge in [0.05, 0.1) is 22.0 Å². The van der Waals surface area contributed by atoms with Gasteiger partial charge in [-0.15, -0.1) is 0 Å². The number of fused-ring (bicyclic) bond motifs is 3. The van der Waals surface area contributed by atoms with Crippen molar-refractivity contribution >= 4 is 35.3 Å². The van der Waals surface area contributed by atoms with Crippen molar-refractivity contribution in [3.63, 3.8) is 0 Å². The van der Waals surface area contributed by atoms with Gasteiger partial charge in [-0.1, -0.05) is 59.6 Å². The van der Waals surface area contributed by atoms with Gasteiger partial charge in [-0.2, -0.15) is 10.2 Å². The van der Waals surface area contributed by atoms with Crippen LogP contribution in [0.1, 0.15) is 27.2 Å². The van der Waals surface area contributed by atoms with E-state index >= 15 is 0 Å². The first-order chi connectivity index (χ1) is 12.6. The summed E-state index contributed by atoms with van der Waals surface area (Å²) in [5, 5.41) is 12.0. The molecule has 0 fully saturated rings. The Labute approximate surface area is 160 Å². The molecule has 1 aliphatic carbocycles. The second-order valence-electron chi connectivity index (χ2n) is 5.93. The summed E-state index contributed by atoms with van der Waals surface area (Å²) in [6, 6.07) is 13.3. The molecule has 0 spiro atoms. The molecule has 0 unspecified atom stereocenters. The lowest BCUT2D eigenvalue weighted by molar-refractivity contribution is 0.0949. The predicted molar refractivity (Wildman–Crippen MR) is 103 cm³/mol. The average Bonchev–Trinajstić information content (AvgIpc) is 3.10. The molecule has 7 heteroatoms. The first-order valence-corrected chi connectivity index (χ1v) is 8.83. The smallest absolute Gasteiger partial charge is 0.272 e. The van der Waals surface area contributed by atoms with Crippen LogP contribution >= 0.6 is 23.2 Å². The lowest BCUT2D eigenvalue weighted by Crippen LogP contribution is -2.20. The van der Waals surface area contributed by atoms with Crippen molar-refractivity contribution in [1.29, 1.82) is 0 Å². The number of hydrogen-bond donors (Lipinski definition) is 2. The number of aryl methyl sites for hydroxylation is 1. The molecule has 2 N–H and O–H groups in total. The van der Waals surface area contributed by atoms with Crippen LogP contribution in [-0.4, -0.2) is 22.3 Å². The van der Waals surface area contributed by atoms with E-state index in [1.54, 1.807) is 18.2 Å². The van der Waals surface area contributed by atoms with E-state index in [-0.39, 0.29) is 5.91 Å². The van der Waals surface area contributed by atoms with E-state index in [0.717, 1.165) is 29.7 Å². The normalized spacial score (nSPS) is 12.7. The quantitative estimate of drug-likeness (QED) is 0.523. The van der Waals surface area contributed by atoms with E-state index < -0.39 is 0 Å². The number of aromatic amines is 1. The summed E-state index contributed by atoms with van der Waals surface area (Å²) in [7, 11) is 0. The lowest BCUT2D eigenvalue weighted by atomic mass is 9.89. The maximum atomic E-state index is 12.5. The molecule has 0 atom stereocenters. The summed E-state index contributed by atoms with van der Waals surface area (Å²) < 4.78 is 0. The first kappa shape index (κ1) is 16.8. The van der Waals surface area contributed by atoms with Crippen LogP contribution in [0.2, 0.25) is 10.0 Å². The van der Waals surface area contributed by atoms with E-state index in [1.165, 1.54) is 11.8 Å². The zero-order valence-corrected chi connectivity index (χ0v) is 15.1. The van der Waals surface area contributed by atoms with Gasteiger partial charge in [-0.05, 0) is 24.5 Å². The average molecular weight is 385 g/mol. The Bertz CT molecular complexity index is 1030. The van der Waals surface area contributed by atoms with E-state index in [4.69, 9.17) is 23.2 Å². The van der Waals surface area contributed by atoms with Crippen molar-refractivity contribution in [2.45, 2.75) is 12.8 Å². The molecular formula is C19H14Cl2N4O. The molecule has 0 saturated carbocycles. The van der Waals surface area contributed by atoms with E-state index in [0.29, 0.717) is 21.3 Å². The Morgan fingerprint density at radius 1 is 1.15 bits per heavy atom. The number of halogens is 2. The van der Waals surface area contributed by atoms with Gasteiger partial charge in [-0.3, -0.25) is 9.89 Å². The number of hydrazone groups is 1. The van der Waals surface area contributed by atoms with Crippen LogP contribution in [0.4, 0.5) is 0 Å². The van der Waals surface area contributed by atoms with Crippen molar-refractivity contribution in [2.75, 3.05) is 0 Å². The minimum atomic E-state index is -0.340. The molecular weight excluding hydrogens is 371 g/mol. The molecule has 130 valence electrons. The zero-order valence-electron chi connectivity index (χ0n) is 13.6. The number of H-pyrrole nitrogens is 1. The highest BCUT2D eigenvalue weighted by Gasteiger charge is 2.24. The standard InChI is InChI=1S/C19H14Cl2N4O/c20-15-7-3-5-12(16(15)21)10-22-25-19(26)18-14-9-8-11-4-1-2-6-13(11)17(14)23-24-18/h1-7,10H,8-9H2,(H,23,24)(H,25,26). The zero-order chi connectivity index (χ0) is 18.1. The van der Waals surface area contributed by atoms with Gasteiger partial charge in [0.2, 0.25) is 0 Å². The number of rotatable bonds is 3. The third kappa shape index (κ3) is 3.00. The molecule has 4 rings (SSSR count). The van der Waals surface area contributed by atoms with Gasteiger partial charge in [0.25, 0.3) is 5.91 Å². The largest absolute Gasteiger partial charge is 0.289 e. The summed E-state index contributed by atoms with van der Waals surface area (Å²) in [5.41, 5.74) is 7.63. The monoisotopic (exact) mass is 384 g/mol. The molecule has 3 aromatic rings. The lowest BCUT2D eigenvalue weighted by Gasteiger charge is -2.15. The Hall–Kier alpha value is -2.63. The van der Waals surface area contributed by atoms with E-state index in [1.807, 2.05) is 18.2 Å². The highest BCUT2D eigenvalue weighted by atomic mass is 35.5. The van der Waals surface area contributed by atoms with Gasteiger partial charge in [0.1, 0.15) is 5.69 Å². The van der Waals surface area contributed by atoms with E-state index in [2.05, 4.69) is 26.8 Å². The topological polar surface area (TPSA) is 70.1 Å². The Kier molecular flexibility index (Phi) is 4.49. The van der Waals surface area contributed by atoms with Crippen LogP contribution in [0, 0.1) is 0 Å². The molecule has 0 saturated heterocycles. The second kappa shape index (κ2) is 6.94. The summed E-state index contributed by atoms with van der Waals surface area (Å²) in [6.07, 6.45) is 3.10. The summed E-state index contributed by atoms with van der Waals surface area (Å²) in [5.74, 6) is -0.340. The van der Waals surface area contributed by atoms with Crippen molar-refractivity contribution in [1.82, 2.24) is 15.6 Å². The second-order valence-corrected chi connectivity index (χ2v) is 6.71. The molecule has 0 radical (unpaired) electrons. The molecule has 1 amide bonds. The molecule has 0 bridgehead atoms. The number of amides is 1. The van der Waals surface area contributed by atoms with Gasteiger partial charge >= 0.3 is 0 Å². The van der Waals surface area contributed by atoms with Crippen molar-refractivity contribution in [3.05, 3.63) is 74.9 Å². The Morgan fingerprint density at radius 3 is 2.88 bits per heavy atom. The first-order valence-electron chi connectivity index (χ1n) is 8.08. The highest BCUT2D eigenvalue weighted by Crippen LogP contribution is 2.33. The summed E-state index contributed by atoms with van der Waals surface area (Å²) in [6.45, 7) is 0. The molecule has 2 aromatic carbocycles. The fraction of sp³-hybridized carbons (Fsp3) is 0.105. The SMILES string of the molecule is O=C(NN=Cc1cccc(Cl)c1Cl)c1[nH]nc2c1CCc1ccccc1-2. The molecule has 1 heterocycles. The fourth-order valence-corrected chi connectivity index (χ4v) is 3.44. The number of hydrogen-bond acceptors (Lipinski definition) is 3. The highest BCUT2D eigenvalue weighted by molar-refractivity contribution is 6.43. The van der Waals surface area contributed by atoms with Crippen LogP contribution in [-0.2, 0) is 12.8 Å². The molecule has 5 nitrogen and oxygen atoms in total. The minimum absolute atomic E-state index is 0.340. The van der Waals surface area contributed by atoms with Crippen LogP contribution < -0.4 is 5.43 Å². The fourth-order valence-electron chi connectivity index (χ4n) is 3.08. The van der Waals surface area contributed by atoms with Gasteiger partial charge in [0.15, 0.2) is 0 Å². The van der Waals surface area contributed by atoms with Crippen LogP contribution in [0.25, 0.3) is 11.3 Å². The number of nitrogens with one attached hydrogen (secondary N) is 2. The van der Waals surface area contributed by atoms with Gasteiger partial charge < -0.3 is 0 Å². The maximum Gasteiger partial charge on any atom is 0.289 e. The van der Waals surface area contributed by atoms with Crippen molar-refractivity contribution < 1.29 is 4.79 Å². The molecule has 1 aromatic heterocycles. The summed E-state index contributed by atoms with van der Waals surface area (Å²) in [4.78, 5) is 12.5. The summed E-state index contributed by atoms with van der Waals surface area (Å²) >= 11 is 12.1. The Morgan fingerprint density at radius 2 is 2.00 bits per heavy atom. The van der Waals surface area contributed by atoms with Crippen LogP contribution in [0.3, 0.4) is 0 Å². The van der Waals surface area contributed by atoms with Gasteiger partial charge in [-0.25, -0.2) is 5.43 Å². The number of carbonyl (C=O) groups excluding carboxylic acids is 1.